The lowest BCUT2D eigenvalue weighted by Gasteiger charge is -2.28. The number of aliphatic carboxylic acids is 1. The number of aliphatic hydroxyl groups excluding tert-OH is 1. The molecular formula is C6H10F2O4. The zero-order valence-electron chi connectivity index (χ0n) is 6.42. The number of hydrogen-bond acceptors (Lipinski definition) is 3. The van der Waals surface area contributed by atoms with Gasteiger partial charge in [0.15, 0.2) is 0 Å². The van der Waals surface area contributed by atoms with Crippen LogP contribution in [0.2, 0.25) is 0 Å². The number of halogens is 2. The summed E-state index contributed by atoms with van der Waals surface area (Å²) in [6.07, 6.45) is -0.688. The molecule has 0 aromatic heterocycles. The van der Waals surface area contributed by atoms with Gasteiger partial charge in [-0.1, -0.05) is 0 Å². The van der Waals surface area contributed by atoms with Crippen molar-refractivity contribution in [1.82, 2.24) is 0 Å². The standard InChI is InChI=1S/C6H10F2O4/c1-5(12,2-3-9)6(7,8)4(10)11/h9,12H,2-3H2,1H3,(H,10,11). The van der Waals surface area contributed by atoms with Gasteiger partial charge in [0.1, 0.15) is 5.60 Å². The third kappa shape index (κ3) is 1.89. The Balaban J connectivity index is 4.62. The summed E-state index contributed by atoms with van der Waals surface area (Å²) in [5.41, 5.74) is -2.71. The summed E-state index contributed by atoms with van der Waals surface area (Å²) in [4.78, 5) is 9.95. The van der Waals surface area contributed by atoms with Crippen LogP contribution >= 0.6 is 0 Å². The molecule has 12 heavy (non-hydrogen) atoms. The Morgan fingerprint density at radius 1 is 1.50 bits per heavy atom. The Morgan fingerprint density at radius 3 is 2.17 bits per heavy atom. The Kier molecular flexibility index (Phi) is 3.11. The van der Waals surface area contributed by atoms with E-state index in [4.69, 9.17) is 15.3 Å². The van der Waals surface area contributed by atoms with Gasteiger partial charge in [-0.2, -0.15) is 8.78 Å². The quantitative estimate of drug-likeness (QED) is 0.567. The van der Waals surface area contributed by atoms with Crippen molar-refractivity contribution in [2.24, 2.45) is 0 Å². The maximum absolute atomic E-state index is 12.6. The molecule has 0 radical (unpaired) electrons. The Labute approximate surface area is 67.4 Å². The first-order chi connectivity index (χ1) is 5.25. The third-order valence-electron chi connectivity index (χ3n) is 1.54. The van der Waals surface area contributed by atoms with Crippen LogP contribution in [0, 0.1) is 0 Å². The van der Waals surface area contributed by atoms with Crippen molar-refractivity contribution >= 4 is 5.97 Å². The number of carboxylic acid groups (broad SMARTS) is 1. The topological polar surface area (TPSA) is 77.8 Å². The Hall–Kier alpha value is -0.750. The normalized spacial score (nSPS) is 17.1. The molecule has 0 aliphatic carbocycles. The lowest BCUT2D eigenvalue weighted by Crippen LogP contribution is -2.51. The van der Waals surface area contributed by atoms with E-state index < -0.39 is 30.5 Å². The Bertz CT molecular complexity index is 178. The molecule has 72 valence electrons. The van der Waals surface area contributed by atoms with E-state index in [0.717, 1.165) is 0 Å². The van der Waals surface area contributed by atoms with Crippen LogP contribution in [0.5, 0.6) is 0 Å². The van der Waals surface area contributed by atoms with Gasteiger partial charge in [0.2, 0.25) is 0 Å². The van der Waals surface area contributed by atoms with Gasteiger partial charge in [0.25, 0.3) is 0 Å². The fraction of sp³-hybridized carbons (Fsp3) is 0.833. The highest BCUT2D eigenvalue weighted by Crippen LogP contribution is 2.31. The molecule has 0 heterocycles. The average Bonchev–Trinajstić information content (AvgIpc) is 1.86. The summed E-state index contributed by atoms with van der Waals surface area (Å²) in [6, 6.07) is 0. The summed E-state index contributed by atoms with van der Waals surface area (Å²) in [6.45, 7) is -0.0345. The molecule has 0 aromatic carbocycles. The lowest BCUT2D eigenvalue weighted by molar-refractivity contribution is -0.206. The second-order valence-electron chi connectivity index (χ2n) is 2.63. The van der Waals surface area contributed by atoms with Crippen LogP contribution in [-0.4, -0.2) is 39.4 Å². The van der Waals surface area contributed by atoms with Crippen molar-refractivity contribution in [1.29, 1.82) is 0 Å². The number of carbonyl (C=O) groups is 1. The fourth-order valence-corrected chi connectivity index (χ4v) is 0.605. The van der Waals surface area contributed by atoms with Crippen LogP contribution < -0.4 is 0 Å². The van der Waals surface area contributed by atoms with Gasteiger partial charge in [0.05, 0.1) is 0 Å². The van der Waals surface area contributed by atoms with Crippen molar-refractivity contribution in [3.8, 4) is 0 Å². The fourth-order valence-electron chi connectivity index (χ4n) is 0.605. The lowest BCUT2D eigenvalue weighted by atomic mass is 9.94. The third-order valence-corrected chi connectivity index (χ3v) is 1.54. The molecular weight excluding hydrogens is 174 g/mol. The zero-order valence-corrected chi connectivity index (χ0v) is 6.42. The van der Waals surface area contributed by atoms with Crippen LogP contribution in [-0.2, 0) is 4.79 Å². The maximum atomic E-state index is 12.6. The molecule has 0 saturated carbocycles. The monoisotopic (exact) mass is 184 g/mol. The summed E-state index contributed by atoms with van der Waals surface area (Å²) >= 11 is 0. The van der Waals surface area contributed by atoms with Gasteiger partial charge in [-0.25, -0.2) is 4.79 Å². The second-order valence-corrected chi connectivity index (χ2v) is 2.63. The number of aliphatic hydroxyl groups is 2. The maximum Gasteiger partial charge on any atom is 0.377 e. The van der Waals surface area contributed by atoms with Gasteiger partial charge in [-0.15, -0.1) is 0 Å². The van der Waals surface area contributed by atoms with E-state index in [1.165, 1.54) is 0 Å². The van der Waals surface area contributed by atoms with E-state index in [9.17, 15) is 13.6 Å². The van der Waals surface area contributed by atoms with E-state index in [-0.39, 0.29) is 0 Å². The van der Waals surface area contributed by atoms with Crippen molar-refractivity contribution in [3.05, 3.63) is 0 Å². The largest absolute Gasteiger partial charge is 0.477 e. The molecule has 0 bridgehead atoms. The van der Waals surface area contributed by atoms with Crippen molar-refractivity contribution < 1.29 is 28.9 Å². The molecule has 0 aromatic rings. The van der Waals surface area contributed by atoms with Gasteiger partial charge in [-0.3, -0.25) is 0 Å². The molecule has 0 amide bonds. The average molecular weight is 184 g/mol. The van der Waals surface area contributed by atoms with Crippen molar-refractivity contribution in [2.45, 2.75) is 24.9 Å². The van der Waals surface area contributed by atoms with Gasteiger partial charge in [0, 0.05) is 13.0 Å². The number of rotatable bonds is 4. The number of hydrogen-bond donors (Lipinski definition) is 3. The van der Waals surface area contributed by atoms with Crippen LogP contribution in [0.1, 0.15) is 13.3 Å². The smallest absolute Gasteiger partial charge is 0.377 e. The molecule has 0 fully saturated rings. The zero-order chi connectivity index (χ0) is 9.99. The van der Waals surface area contributed by atoms with E-state index in [1.54, 1.807) is 0 Å². The highest BCUT2D eigenvalue weighted by Gasteiger charge is 2.55. The SMILES string of the molecule is CC(O)(CCO)C(F)(F)C(=O)O. The van der Waals surface area contributed by atoms with Gasteiger partial charge < -0.3 is 15.3 Å². The van der Waals surface area contributed by atoms with E-state index >= 15 is 0 Å². The number of alkyl halides is 2. The summed E-state index contributed by atoms with van der Waals surface area (Å²) in [5.74, 6) is -6.64. The molecule has 0 rings (SSSR count). The van der Waals surface area contributed by atoms with Crippen LogP contribution in [0.4, 0.5) is 8.78 Å². The van der Waals surface area contributed by atoms with E-state index in [2.05, 4.69) is 0 Å². The Morgan fingerprint density at radius 2 is 1.92 bits per heavy atom. The van der Waals surface area contributed by atoms with Crippen LogP contribution in [0.25, 0.3) is 0 Å². The van der Waals surface area contributed by atoms with Gasteiger partial charge in [-0.05, 0) is 6.92 Å². The van der Waals surface area contributed by atoms with Gasteiger partial charge >= 0.3 is 11.9 Å². The predicted molar refractivity (Wildman–Crippen MR) is 34.9 cm³/mol. The first-order valence-electron chi connectivity index (χ1n) is 3.20. The first kappa shape index (κ1) is 11.2. The highest BCUT2D eigenvalue weighted by molar-refractivity contribution is 5.76. The number of carboxylic acids is 1. The summed E-state index contributed by atoms with van der Waals surface area (Å²) in [5, 5.41) is 25.2. The molecule has 0 spiro atoms. The molecule has 0 aliphatic heterocycles. The van der Waals surface area contributed by atoms with Crippen LogP contribution in [0.3, 0.4) is 0 Å². The van der Waals surface area contributed by atoms with E-state index in [0.29, 0.717) is 6.92 Å². The molecule has 0 saturated heterocycles. The van der Waals surface area contributed by atoms with Crippen molar-refractivity contribution in [3.63, 3.8) is 0 Å². The summed E-state index contributed by atoms with van der Waals surface area (Å²) in [7, 11) is 0. The molecule has 4 nitrogen and oxygen atoms in total. The first-order valence-corrected chi connectivity index (χ1v) is 3.20. The minimum atomic E-state index is -4.24. The minimum absolute atomic E-state index is 0.664. The minimum Gasteiger partial charge on any atom is -0.477 e. The second kappa shape index (κ2) is 3.32. The molecule has 6 heteroatoms. The van der Waals surface area contributed by atoms with E-state index in [1.807, 2.05) is 0 Å². The molecule has 3 N–H and O–H groups in total. The molecule has 0 aliphatic rings. The molecule has 1 atom stereocenters. The summed E-state index contributed by atoms with van der Waals surface area (Å²) < 4.78 is 25.1. The highest BCUT2D eigenvalue weighted by atomic mass is 19.3. The van der Waals surface area contributed by atoms with Crippen LogP contribution in [0.15, 0.2) is 0 Å². The molecule has 1 unspecified atom stereocenters. The van der Waals surface area contributed by atoms with Crippen molar-refractivity contribution in [2.75, 3.05) is 6.61 Å². The predicted octanol–water partition coefficient (Wildman–Crippen LogP) is -0.160.